The van der Waals surface area contributed by atoms with Crippen LogP contribution in [0.1, 0.15) is 16.9 Å². The van der Waals surface area contributed by atoms with Crippen molar-refractivity contribution < 1.29 is 23.1 Å². The molecule has 2 amide bonds. The van der Waals surface area contributed by atoms with E-state index in [0.717, 1.165) is 6.26 Å². The van der Waals surface area contributed by atoms with Gasteiger partial charge >= 0.3 is 12.0 Å². The number of urea groups is 1. The number of hydrogen-bond acceptors (Lipinski definition) is 5. The van der Waals surface area contributed by atoms with E-state index in [4.69, 9.17) is 5.11 Å². The molecule has 0 spiro atoms. The van der Waals surface area contributed by atoms with E-state index in [9.17, 15) is 18.0 Å². The fraction of sp³-hybridized carbons (Fsp3) is 0.364. The highest BCUT2D eigenvalue weighted by molar-refractivity contribution is 7.90. The van der Waals surface area contributed by atoms with E-state index in [1.165, 1.54) is 18.3 Å². The maximum absolute atomic E-state index is 11.5. The van der Waals surface area contributed by atoms with Crippen molar-refractivity contribution in [1.29, 1.82) is 0 Å². The molecule has 0 saturated heterocycles. The highest BCUT2D eigenvalue weighted by atomic mass is 32.2. The molecule has 3 N–H and O–H groups in total. The number of hydrogen-bond donors (Lipinski definition) is 3. The number of pyridine rings is 1. The zero-order chi connectivity index (χ0) is 15.2. The van der Waals surface area contributed by atoms with Crippen molar-refractivity contribution in [2.24, 2.45) is 0 Å². The number of aromatic nitrogens is 1. The molecule has 1 aromatic rings. The zero-order valence-electron chi connectivity index (χ0n) is 10.8. The first-order valence-electron chi connectivity index (χ1n) is 5.70. The largest absolute Gasteiger partial charge is 0.476 e. The van der Waals surface area contributed by atoms with Gasteiger partial charge < -0.3 is 15.7 Å². The van der Waals surface area contributed by atoms with Crippen LogP contribution < -0.4 is 10.6 Å². The first-order valence-corrected chi connectivity index (χ1v) is 7.76. The van der Waals surface area contributed by atoms with Gasteiger partial charge in [-0.25, -0.2) is 23.0 Å². The molecule has 1 heterocycles. The number of amides is 2. The lowest BCUT2D eigenvalue weighted by molar-refractivity contribution is 0.0691. The second kappa shape index (κ2) is 6.85. The highest BCUT2D eigenvalue weighted by Crippen LogP contribution is 2.11. The van der Waals surface area contributed by atoms with Crippen molar-refractivity contribution in [3.05, 3.63) is 24.0 Å². The first kappa shape index (κ1) is 15.9. The van der Waals surface area contributed by atoms with E-state index < -0.39 is 21.8 Å². The Hall–Kier alpha value is -2.16. The van der Waals surface area contributed by atoms with Crippen molar-refractivity contribution in [3.63, 3.8) is 0 Å². The summed E-state index contributed by atoms with van der Waals surface area (Å²) in [5.74, 6) is -1.28. The quantitative estimate of drug-likeness (QED) is 0.650. The van der Waals surface area contributed by atoms with Gasteiger partial charge in [0.1, 0.15) is 9.84 Å². The number of carboxylic acids is 1. The molecule has 0 atom stereocenters. The van der Waals surface area contributed by atoms with E-state index in [-0.39, 0.29) is 30.1 Å². The molecular weight excluding hydrogens is 286 g/mol. The summed E-state index contributed by atoms with van der Waals surface area (Å²) in [6, 6.07) is 2.28. The predicted molar refractivity (Wildman–Crippen MR) is 72.5 cm³/mol. The van der Waals surface area contributed by atoms with Gasteiger partial charge in [0.15, 0.2) is 5.69 Å². The molecule has 1 rings (SSSR count). The molecule has 0 saturated carbocycles. The molecule has 0 aliphatic carbocycles. The van der Waals surface area contributed by atoms with Gasteiger partial charge in [-0.15, -0.1) is 0 Å². The number of anilines is 1. The summed E-state index contributed by atoms with van der Waals surface area (Å²) in [6.07, 6.45) is 2.70. The third-order valence-electron chi connectivity index (χ3n) is 2.24. The molecule has 1 aromatic heterocycles. The summed E-state index contributed by atoms with van der Waals surface area (Å²) in [4.78, 5) is 26.0. The Morgan fingerprint density at radius 2 is 2.10 bits per heavy atom. The third kappa shape index (κ3) is 5.65. The molecule has 9 heteroatoms. The topological polar surface area (TPSA) is 125 Å². The van der Waals surface area contributed by atoms with Crippen LogP contribution in [0.4, 0.5) is 10.5 Å². The molecule has 0 aromatic carbocycles. The van der Waals surface area contributed by atoms with Gasteiger partial charge in [0, 0.05) is 19.0 Å². The lowest BCUT2D eigenvalue weighted by Crippen LogP contribution is -2.31. The number of carbonyl (C=O) groups is 2. The number of sulfone groups is 1. The number of rotatable bonds is 6. The summed E-state index contributed by atoms with van der Waals surface area (Å²) in [5.41, 5.74) is -0.195. The van der Waals surface area contributed by atoms with E-state index in [0.29, 0.717) is 0 Å². The van der Waals surface area contributed by atoms with Crippen LogP contribution in [-0.2, 0) is 9.84 Å². The molecule has 0 aliphatic heterocycles. The van der Waals surface area contributed by atoms with Gasteiger partial charge in [0.25, 0.3) is 0 Å². The van der Waals surface area contributed by atoms with E-state index in [2.05, 4.69) is 15.6 Å². The number of nitrogens with one attached hydrogen (secondary N) is 2. The monoisotopic (exact) mass is 301 g/mol. The molecule has 110 valence electrons. The predicted octanol–water partition coefficient (Wildman–Crippen LogP) is 0.336. The van der Waals surface area contributed by atoms with Gasteiger partial charge in [-0.1, -0.05) is 0 Å². The average Bonchev–Trinajstić information content (AvgIpc) is 2.34. The van der Waals surface area contributed by atoms with Gasteiger partial charge in [-0.2, -0.15) is 0 Å². The number of carbonyl (C=O) groups excluding carboxylic acids is 1. The van der Waals surface area contributed by atoms with Gasteiger partial charge in [-0.05, 0) is 18.6 Å². The minimum atomic E-state index is -3.06. The van der Waals surface area contributed by atoms with Crippen LogP contribution in [0.2, 0.25) is 0 Å². The van der Waals surface area contributed by atoms with E-state index in [1.807, 2.05) is 0 Å². The fourth-order valence-electron chi connectivity index (χ4n) is 1.38. The van der Waals surface area contributed by atoms with Gasteiger partial charge in [-0.3, -0.25) is 0 Å². The van der Waals surface area contributed by atoms with Crippen molar-refractivity contribution in [2.45, 2.75) is 6.42 Å². The molecule has 0 fully saturated rings. The molecule has 0 aliphatic rings. The maximum Gasteiger partial charge on any atom is 0.356 e. The van der Waals surface area contributed by atoms with Crippen LogP contribution in [0.5, 0.6) is 0 Å². The summed E-state index contributed by atoms with van der Waals surface area (Å²) in [7, 11) is -3.06. The van der Waals surface area contributed by atoms with Crippen molar-refractivity contribution in [3.8, 4) is 0 Å². The SMILES string of the molecule is CS(=O)(=O)CCCNC(=O)Nc1cccnc1C(=O)O. The fourth-order valence-corrected chi connectivity index (χ4v) is 2.05. The Labute approximate surface area is 116 Å². The Morgan fingerprint density at radius 1 is 1.40 bits per heavy atom. The standard InChI is InChI=1S/C11H15N3O5S/c1-20(18,19)7-3-6-13-11(17)14-8-4-2-5-12-9(8)10(15)16/h2,4-5H,3,6-7H2,1H3,(H,15,16)(H2,13,14,17). The minimum Gasteiger partial charge on any atom is -0.476 e. The van der Waals surface area contributed by atoms with Crippen LogP contribution in [0, 0.1) is 0 Å². The van der Waals surface area contributed by atoms with Crippen LogP contribution in [-0.4, -0.2) is 49.1 Å². The number of carboxylic acid groups (broad SMARTS) is 1. The van der Waals surface area contributed by atoms with Crippen LogP contribution in [0.3, 0.4) is 0 Å². The molecule has 0 unspecified atom stereocenters. The summed E-state index contributed by atoms with van der Waals surface area (Å²) in [6.45, 7) is 0.168. The van der Waals surface area contributed by atoms with Crippen molar-refractivity contribution >= 4 is 27.5 Å². The van der Waals surface area contributed by atoms with Crippen LogP contribution in [0.15, 0.2) is 18.3 Å². The van der Waals surface area contributed by atoms with Gasteiger partial charge in [0.05, 0.1) is 11.4 Å². The zero-order valence-corrected chi connectivity index (χ0v) is 11.6. The Kier molecular flexibility index (Phi) is 5.44. The lowest BCUT2D eigenvalue weighted by atomic mass is 10.3. The molecule has 8 nitrogen and oxygen atoms in total. The molecular formula is C11H15N3O5S. The normalized spacial score (nSPS) is 10.8. The summed E-state index contributed by atoms with van der Waals surface area (Å²) < 4.78 is 21.8. The molecule has 0 bridgehead atoms. The second-order valence-corrected chi connectivity index (χ2v) is 6.33. The molecule has 20 heavy (non-hydrogen) atoms. The summed E-state index contributed by atoms with van der Waals surface area (Å²) >= 11 is 0. The second-order valence-electron chi connectivity index (χ2n) is 4.07. The van der Waals surface area contributed by atoms with Crippen LogP contribution >= 0.6 is 0 Å². The number of nitrogens with zero attached hydrogens (tertiary/aromatic N) is 1. The van der Waals surface area contributed by atoms with E-state index >= 15 is 0 Å². The van der Waals surface area contributed by atoms with Crippen LogP contribution in [0.25, 0.3) is 0 Å². The van der Waals surface area contributed by atoms with Crippen molar-refractivity contribution in [2.75, 3.05) is 23.9 Å². The van der Waals surface area contributed by atoms with Gasteiger partial charge in [0.2, 0.25) is 0 Å². The van der Waals surface area contributed by atoms with E-state index in [1.54, 1.807) is 0 Å². The Balaban J connectivity index is 2.49. The average molecular weight is 301 g/mol. The minimum absolute atomic E-state index is 0.0272. The number of aromatic carboxylic acids is 1. The molecule has 0 radical (unpaired) electrons. The smallest absolute Gasteiger partial charge is 0.356 e. The summed E-state index contributed by atoms with van der Waals surface area (Å²) in [5, 5.41) is 13.7. The third-order valence-corrected chi connectivity index (χ3v) is 3.27. The Morgan fingerprint density at radius 3 is 2.70 bits per heavy atom. The van der Waals surface area contributed by atoms with Crippen molar-refractivity contribution in [1.82, 2.24) is 10.3 Å². The lowest BCUT2D eigenvalue weighted by Gasteiger charge is -2.08. The first-order chi connectivity index (χ1) is 9.29. The highest BCUT2D eigenvalue weighted by Gasteiger charge is 2.13. The maximum atomic E-state index is 11.5. The Bertz CT molecular complexity index is 600.